The fourth-order valence-electron chi connectivity index (χ4n) is 2.32. The molecule has 2 atom stereocenters. The lowest BCUT2D eigenvalue weighted by Gasteiger charge is -2.31. The van der Waals surface area contributed by atoms with Crippen molar-refractivity contribution in [3.8, 4) is 5.75 Å². The van der Waals surface area contributed by atoms with Gasteiger partial charge >= 0.3 is 24.1 Å². The molecule has 1 aromatic carbocycles. The standard InChI is InChI=1S/C13H8F8O5/c1-24-7-4(2-3-5(14)6(7)15)8-9(10(22)23)26-11(25-8,12(16,17)18)13(19,20)21/h2-3,8-9H,1H3,(H,22,23)/t8-,9+/m0/s1. The largest absolute Gasteiger partial charge is 0.493 e. The number of methoxy groups -OCH3 is 1. The zero-order chi connectivity index (χ0) is 20.1. The molecule has 0 aliphatic carbocycles. The van der Waals surface area contributed by atoms with Crippen molar-refractivity contribution < 1.29 is 59.2 Å². The smallest absolute Gasteiger partial charge is 0.453 e. The van der Waals surface area contributed by atoms with Gasteiger partial charge in [-0.25, -0.2) is 9.18 Å². The molecule has 0 saturated carbocycles. The molecule has 0 radical (unpaired) electrons. The maximum absolute atomic E-state index is 13.7. The van der Waals surface area contributed by atoms with Crippen LogP contribution in [-0.2, 0) is 14.3 Å². The van der Waals surface area contributed by atoms with Crippen LogP contribution in [0.15, 0.2) is 12.1 Å². The van der Waals surface area contributed by atoms with Gasteiger partial charge < -0.3 is 19.3 Å². The molecule has 1 aliphatic heterocycles. The van der Waals surface area contributed by atoms with Crippen LogP contribution in [0.25, 0.3) is 0 Å². The third kappa shape index (κ3) is 2.94. The molecular weight excluding hydrogens is 388 g/mol. The molecule has 0 amide bonds. The van der Waals surface area contributed by atoms with Crippen molar-refractivity contribution >= 4 is 5.97 Å². The van der Waals surface area contributed by atoms with Gasteiger partial charge in [0.1, 0.15) is 6.10 Å². The van der Waals surface area contributed by atoms with Gasteiger partial charge in [-0.15, -0.1) is 0 Å². The summed E-state index contributed by atoms with van der Waals surface area (Å²) in [5.74, 6) is -11.9. The molecule has 0 aromatic heterocycles. The van der Waals surface area contributed by atoms with E-state index in [-0.39, 0.29) is 0 Å². The fourth-order valence-corrected chi connectivity index (χ4v) is 2.32. The SMILES string of the molecule is COc1c([C@@H]2OC(C(F)(F)F)(C(F)(F)F)O[C@H]2C(=O)O)ccc(F)c1F. The normalized spacial score (nSPS) is 23.1. The predicted octanol–water partition coefficient (Wildman–Crippen LogP) is 3.34. The predicted molar refractivity (Wildman–Crippen MR) is 64.1 cm³/mol. The van der Waals surface area contributed by atoms with Crippen molar-refractivity contribution in [3.63, 3.8) is 0 Å². The maximum atomic E-state index is 13.7. The van der Waals surface area contributed by atoms with Crippen LogP contribution >= 0.6 is 0 Å². The number of hydrogen-bond acceptors (Lipinski definition) is 4. The minimum Gasteiger partial charge on any atom is -0.493 e. The highest BCUT2D eigenvalue weighted by Gasteiger charge is 2.79. The van der Waals surface area contributed by atoms with Gasteiger partial charge in [0.05, 0.1) is 7.11 Å². The fraction of sp³-hybridized carbons (Fsp3) is 0.462. The van der Waals surface area contributed by atoms with Crippen LogP contribution < -0.4 is 4.74 Å². The van der Waals surface area contributed by atoms with Crippen molar-refractivity contribution in [2.45, 2.75) is 30.3 Å². The van der Waals surface area contributed by atoms with Gasteiger partial charge in [-0.3, -0.25) is 0 Å². The molecule has 1 aromatic rings. The number of hydrogen-bond donors (Lipinski definition) is 1. The Labute approximate surface area is 139 Å². The summed E-state index contributed by atoms with van der Waals surface area (Å²) in [6.45, 7) is 0. The highest BCUT2D eigenvalue weighted by atomic mass is 19.4. The average Bonchev–Trinajstić information content (AvgIpc) is 2.91. The van der Waals surface area contributed by atoms with Crippen molar-refractivity contribution in [1.82, 2.24) is 0 Å². The highest BCUT2D eigenvalue weighted by Crippen LogP contribution is 2.55. The van der Waals surface area contributed by atoms with E-state index in [9.17, 15) is 39.9 Å². The number of ether oxygens (including phenoxy) is 3. The lowest BCUT2D eigenvalue weighted by molar-refractivity contribution is -0.445. The molecule has 13 heteroatoms. The number of halogens is 8. The van der Waals surface area contributed by atoms with E-state index >= 15 is 0 Å². The molecule has 0 unspecified atom stereocenters. The number of carboxylic acids is 1. The van der Waals surface area contributed by atoms with Crippen molar-refractivity contribution in [2.24, 2.45) is 0 Å². The second kappa shape index (κ2) is 6.23. The minimum absolute atomic E-state index is 0.358. The molecule has 146 valence electrons. The Bertz CT molecular complexity index is 700. The Morgan fingerprint density at radius 2 is 1.65 bits per heavy atom. The molecule has 0 bridgehead atoms. The first kappa shape index (κ1) is 20.2. The van der Waals surface area contributed by atoms with E-state index in [0.29, 0.717) is 12.1 Å². The summed E-state index contributed by atoms with van der Waals surface area (Å²) >= 11 is 0. The van der Waals surface area contributed by atoms with Gasteiger partial charge in [-0.2, -0.15) is 30.7 Å². The van der Waals surface area contributed by atoms with Crippen LogP contribution in [0, 0.1) is 11.6 Å². The molecule has 1 aliphatic rings. The summed E-state index contributed by atoms with van der Waals surface area (Å²) in [5, 5.41) is 8.95. The van der Waals surface area contributed by atoms with E-state index in [1.807, 2.05) is 0 Å². The zero-order valence-corrected chi connectivity index (χ0v) is 12.4. The van der Waals surface area contributed by atoms with Gasteiger partial charge in [0.15, 0.2) is 17.7 Å². The number of carbonyl (C=O) groups is 1. The summed E-state index contributed by atoms with van der Waals surface area (Å²) in [5.41, 5.74) is -0.908. The van der Waals surface area contributed by atoms with E-state index in [1.165, 1.54) is 0 Å². The van der Waals surface area contributed by atoms with E-state index in [0.717, 1.165) is 7.11 Å². The Balaban J connectivity index is 2.66. The maximum Gasteiger partial charge on any atom is 0.453 e. The number of rotatable bonds is 3. The molecule has 2 rings (SSSR count). The monoisotopic (exact) mass is 396 g/mol. The first-order valence-corrected chi connectivity index (χ1v) is 6.50. The quantitative estimate of drug-likeness (QED) is 0.795. The summed E-state index contributed by atoms with van der Waals surface area (Å²) in [6, 6.07) is 0.890. The van der Waals surface area contributed by atoms with Crippen LogP contribution in [0.5, 0.6) is 5.75 Å². The van der Waals surface area contributed by atoms with E-state index in [4.69, 9.17) is 5.11 Å². The molecule has 5 nitrogen and oxygen atoms in total. The van der Waals surface area contributed by atoms with E-state index in [1.54, 1.807) is 0 Å². The second-order valence-corrected chi connectivity index (χ2v) is 5.01. The Morgan fingerprint density at radius 3 is 2.08 bits per heavy atom. The van der Waals surface area contributed by atoms with Crippen molar-refractivity contribution in [3.05, 3.63) is 29.3 Å². The molecule has 1 heterocycles. The van der Waals surface area contributed by atoms with Gasteiger partial charge in [0.2, 0.25) is 5.82 Å². The summed E-state index contributed by atoms with van der Waals surface area (Å²) in [4.78, 5) is 11.1. The van der Waals surface area contributed by atoms with Crippen molar-refractivity contribution in [1.29, 1.82) is 0 Å². The summed E-state index contributed by atoms with van der Waals surface area (Å²) < 4.78 is 117. The average molecular weight is 396 g/mol. The molecule has 1 fully saturated rings. The lowest BCUT2D eigenvalue weighted by atomic mass is 10.0. The van der Waals surface area contributed by atoms with Crippen LogP contribution in [0.1, 0.15) is 11.7 Å². The molecule has 0 spiro atoms. The van der Waals surface area contributed by atoms with Gasteiger partial charge in [0, 0.05) is 5.56 Å². The zero-order valence-electron chi connectivity index (χ0n) is 12.4. The first-order valence-electron chi connectivity index (χ1n) is 6.50. The number of carboxylic acid groups (broad SMARTS) is 1. The van der Waals surface area contributed by atoms with Gasteiger partial charge in [0.25, 0.3) is 0 Å². The third-order valence-electron chi connectivity index (χ3n) is 3.44. The summed E-state index contributed by atoms with van der Waals surface area (Å²) in [7, 11) is 0.744. The van der Waals surface area contributed by atoms with Crippen LogP contribution in [0.2, 0.25) is 0 Å². The number of benzene rings is 1. The lowest BCUT2D eigenvalue weighted by Crippen LogP contribution is -2.58. The Hall–Kier alpha value is -2.15. The molecule has 26 heavy (non-hydrogen) atoms. The minimum atomic E-state index is -6.22. The first-order chi connectivity index (χ1) is 11.8. The second-order valence-electron chi connectivity index (χ2n) is 5.01. The van der Waals surface area contributed by atoms with Crippen molar-refractivity contribution in [2.75, 3.05) is 7.11 Å². The van der Waals surface area contributed by atoms with Gasteiger partial charge in [-0.1, -0.05) is 0 Å². The van der Waals surface area contributed by atoms with Crippen LogP contribution in [0.3, 0.4) is 0 Å². The molecule has 1 saturated heterocycles. The molecule has 1 N–H and O–H groups in total. The van der Waals surface area contributed by atoms with Crippen LogP contribution in [-0.4, -0.2) is 42.4 Å². The molecular formula is C13H8F8O5. The number of aliphatic carboxylic acids is 1. The third-order valence-corrected chi connectivity index (χ3v) is 3.44. The Morgan fingerprint density at radius 1 is 1.12 bits per heavy atom. The number of alkyl halides is 6. The van der Waals surface area contributed by atoms with E-state index < -0.39 is 59.3 Å². The topological polar surface area (TPSA) is 65.0 Å². The van der Waals surface area contributed by atoms with Gasteiger partial charge in [-0.05, 0) is 12.1 Å². The summed E-state index contributed by atoms with van der Waals surface area (Å²) in [6.07, 6.45) is -17.9. The van der Waals surface area contributed by atoms with E-state index in [2.05, 4.69) is 14.2 Å². The Kier molecular flexibility index (Phi) is 4.83. The highest BCUT2D eigenvalue weighted by molar-refractivity contribution is 5.74. The van der Waals surface area contributed by atoms with Crippen LogP contribution in [0.4, 0.5) is 35.1 Å².